The number of aliphatic imine (C=N–C) groups is 1. The van der Waals surface area contributed by atoms with Crippen molar-refractivity contribution in [2.75, 3.05) is 6.54 Å². The fourth-order valence-corrected chi connectivity index (χ4v) is 1.87. The lowest BCUT2D eigenvalue weighted by atomic mass is 10.2. The van der Waals surface area contributed by atoms with Crippen LogP contribution in [0, 0.1) is 12.7 Å². The summed E-state index contributed by atoms with van der Waals surface area (Å²) >= 11 is 0. The van der Waals surface area contributed by atoms with Gasteiger partial charge >= 0.3 is 0 Å². The highest BCUT2D eigenvalue weighted by atomic mass is 127. The molecule has 0 aliphatic heterocycles. The summed E-state index contributed by atoms with van der Waals surface area (Å²) in [4.78, 5) is 4.48. The van der Waals surface area contributed by atoms with E-state index in [0.29, 0.717) is 25.6 Å². The molecule has 0 radical (unpaired) electrons. The van der Waals surface area contributed by atoms with Crippen molar-refractivity contribution in [3.63, 3.8) is 0 Å². The third-order valence-electron chi connectivity index (χ3n) is 3.34. The molecule has 1 heterocycles. The number of benzene rings is 1. The second-order valence-electron chi connectivity index (χ2n) is 5.04. The van der Waals surface area contributed by atoms with Crippen LogP contribution in [0.1, 0.15) is 17.2 Å². The van der Waals surface area contributed by atoms with Gasteiger partial charge in [-0.15, -0.1) is 40.8 Å². The first-order valence-electron chi connectivity index (χ1n) is 7.32. The van der Waals surface area contributed by atoms with E-state index in [1.807, 2.05) is 18.5 Å². The Balaban J connectivity index is 0.00000288. The van der Waals surface area contributed by atoms with Crippen molar-refractivity contribution >= 4 is 29.9 Å². The van der Waals surface area contributed by atoms with E-state index in [9.17, 15) is 4.39 Å². The van der Waals surface area contributed by atoms with E-state index >= 15 is 0 Å². The highest BCUT2D eigenvalue weighted by Crippen LogP contribution is 2.04. The maximum absolute atomic E-state index is 12.9. The third-order valence-corrected chi connectivity index (χ3v) is 3.34. The average Bonchev–Trinajstić information content (AvgIpc) is 2.87. The summed E-state index contributed by atoms with van der Waals surface area (Å²) in [6, 6.07) is 6.29. The van der Waals surface area contributed by atoms with E-state index in [-0.39, 0.29) is 29.8 Å². The lowest BCUT2D eigenvalue weighted by Crippen LogP contribution is -2.37. The molecular formula is C16H22FIN6. The number of nitrogens with one attached hydrogen (secondary N) is 2. The van der Waals surface area contributed by atoms with Crippen LogP contribution in [-0.4, -0.2) is 27.3 Å². The summed E-state index contributed by atoms with van der Waals surface area (Å²) in [5, 5.41) is 14.5. The van der Waals surface area contributed by atoms with Crippen LogP contribution in [0.25, 0.3) is 0 Å². The number of nitrogens with zero attached hydrogens (tertiary/aromatic N) is 4. The van der Waals surface area contributed by atoms with Gasteiger partial charge in [-0.25, -0.2) is 9.38 Å². The van der Waals surface area contributed by atoms with Crippen molar-refractivity contribution in [1.29, 1.82) is 0 Å². The Hall–Kier alpha value is -1.97. The minimum atomic E-state index is -0.251. The van der Waals surface area contributed by atoms with Crippen molar-refractivity contribution in [2.45, 2.75) is 20.0 Å². The summed E-state index contributed by atoms with van der Waals surface area (Å²) in [5.41, 5.74) is 0.931. The highest BCUT2D eigenvalue weighted by molar-refractivity contribution is 14.0. The van der Waals surface area contributed by atoms with Crippen LogP contribution < -0.4 is 10.6 Å². The van der Waals surface area contributed by atoms with Crippen molar-refractivity contribution in [2.24, 2.45) is 12.0 Å². The van der Waals surface area contributed by atoms with Crippen molar-refractivity contribution < 1.29 is 4.39 Å². The molecule has 6 nitrogen and oxygen atoms in total. The maximum Gasteiger partial charge on any atom is 0.192 e. The van der Waals surface area contributed by atoms with Crippen molar-refractivity contribution in [3.05, 3.63) is 59.9 Å². The summed E-state index contributed by atoms with van der Waals surface area (Å²) in [7, 11) is 1.92. The largest absolute Gasteiger partial charge is 0.353 e. The van der Waals surface area contributed by atoms with Gasteiger partial charge in [-0.1, -0.05) is 18.2 Å². The molecular weight excluding hydrogens is 422 g/mol. The standard InChI is InChI=1S/C16H21FN6.HI/c1-4-9-18-16(19-10-13-5-7-14(17)8-6-13)20-11-15-22-21-12(2)23(15)3;/h4-8H,1,9-11H2,2-3H3,(H2,18,19,20);1H. The molecule has 0 saturated heterocycles. The van der Waals surface area contributed by atoms with Crippen molar-refractivity contribution in [1.82, 2.24) is 25.4 Å². The second kappa shape index (κ2) is 10.0. The zero-order chi connectivity index (χ0) is 16.7. The lowest BCUT2D eigenvalue weighted by molar-refractivity contribution is 0.627. The number of halogens is 2. The number of aryl methyl sites for hydroxylation is 1. The van der Waals surface area contributed by atoms with Gasteiger partial charge in [0.15, 0.2) is 11.8 Å². The van der Waals surface area contributed by atoms with E-state index in [2.05, 4.69) is 32.4 Å². The van der Waals surface area contributed by atoms with Crippen LogP contribution in [0.5, 0.6) is 0 Å². The minimum absolute atomic E-state index is 0. The molecule has 2 N–H and O–H groups in total. The summed E-state index contributed by atoms with van der Waals surface area (Å²) in [5.74, 6) is 2.05. The molecule has 0 bridgehead atoms. The van der Waals surface area contributed by atoms with Crippen LogP contribution in [-0.2, 0) is 20.1 Å². The molecule has 1 aromatic heterocycles. The second-order valence-corrected chi connectivity index (χ2v) is 5.04. The van der Waals surface area contributed by atoms with Gasteiger partial charge in [0, 0.05) is 13.6 Å². The zero-order valence-corrected chi connectivity index (χ0v) is 16.1. The normalized spacial score (nSPS) is 10.9. The molecule has 0 saturated carbocycles. The van der Waals surface area contributed by atoms with Crippen LogP contribution in [0.4, 0.5) is 4.39 Å². The zero-order valence-electron chi connectivity index (χ0n) is 13.8. The first-order valence-corrected chi connectivity index (χ1v) is 7.32. The molecule has 0 atom stereocenters. The summed E-state index contributed by atoms with van der Waals surface area (Å²) in [6.07, 6.45) is 1.75. The SMILES string of the molecule is C=CCNC(=NCc1ccc(F)cc1)NCc1nnc(C)n1C.I. The van der Waals surface area contributed by atoms with Crippen molar-refractivity contribution in [3.8, 4) is 0 Å². The predicted molar refractivity (Wildman–Crippen MR) is 104 cm³/mol. The molecule has 0 spiro atoms. The van der Waals surface area contributed by atoms with Gasteiger partial charge in [0.2, 0.25) is 0 Å². The molecule has 0 fully saturated rings. The molecule has 0 unspecified atom stereocenters. The Morgan fingerprint density at radius 3 is 2.58 bits per heavy atom. The molecule has 0 aliphatic carbocycles. The van der Waals surface area contributed by atoms with Gasteiger partial charge in [0.1, 0.15) is 11.6 Å². The van der Waals surface area contributed by atoms with Crippen LogP contribution >= 0.6 is 24.0 Å². The van der Waals surface area contributed by atoms with Crippen LogP contribution in [0.2, 0.25) is 0 Å². The monoisotopic (exact) mass is 444 g/mol. The Kier molecular flexibility index (Phi) is 8.37. The van der Waals surface area contributed by atoms with E-state index in [1.54, 1.807) is 18.2 Å². The number of guanidine groups is 1. The van der Waals surface area contributed by atoms with E-state index in [0.717, 1.165) is 17.2 Å². The first-order chi connectivity index (χ1) is 11.1. The molecule has 130 valence electrons. The van der Waals surface area contributed by atoms with E-state index < -0.39 is 0 Å². The van der Waals surface area contributed by atoms with Gasteiger partial charge in [0.05, 0.1) is 13.1 Å². The fourth-order valence-electron chi connectivity index (χ4n) is 1.87. The molecule has 0 amide bonds. The number of rotatable bonds is 6. The fraction of sp³-hybridized carbons (Fsp3) is 0.312. The average molecular weight is 444 g/mol. The number of hydrogen-bond donors (Lipinski definition) is 2. The molecule has 2 rings (SSSR count). The summed E-state index contributed by atoms with van der Waals surface area (Å²) in [6.45, 7) is 7.12. The van der Waals surface area contributed by atoms with Gasteiger partial charge in [-0.3, -0.25) is 0 Å². The smallest absolute Gasteiger partial charge is 0.192 e. The Labute approximate surface area is 158 Å². The van der Waals surface area contributed by atoms with E-state index in [4.69, 9.17) is 0 Å². The molecule has 2 aromatic rings. The topological polar surface area (TPSA) is 67.1 Å². The number of aromatic nitrogens is 3. The minimum Gasteiger partial charge on any atom is -0.353 e. The lowest BCUT2D eigenvalue weighted by Gasteiger charge is -2.11. The molecule has 24 heavy (non-hydrogen) atoms. The quantitative estimate of drug-likeness (QED) is 0.311. The Bertz CT molecular complexity index is 680. The van der Waals surface area contributed by atoms with Gasteiger partial charge in [-0.05, 0) is 24.6 Å². The van der Waals surface area contributed by atoms with Gasteiger partial charge in [-0.2, -0.15) is 0 Å². The van der Waals surface area contributed by atoms with Crippen LogP contribution in [0.15, 0.2) is 41.9 Å². The van der Waals surface area contributed by atoms with Crippen LogP contribution in [0.3, 0.4) is 0 Å². The predicted octanol–water partition coefficient (Wildman–Crippen LogP) is 2.30. The molecule has 8 heteroatoms. The molecule has 1 aromatic carbocycles. The third kappa shape index (κ3) is 5.91. The Morgan fingerprint density at radius 2 is 2.00 bits per heavy atom. The Morgan fingerprint density at radius 1 is 1.29 bits per heavy atom. The summed E-state index contributed by atoms with van der Waals surface area (Å²) < 4.78 is 14.8. The number of hydrogen-bond acceptors (Lipinski definition) is 3. The van der Waals surface area contributed by atoms with E-state index in [1.165, 1.54) is 12.1 Å². The van der Waals surface area contributed by atoms with Gasteiger partial charge < -0.3 is 15.2 Å². The molecule has 0 aliphatic rings. The first kappa shape index (κ1) is 20.1. The maximum atomic E-state index is 12.9. The van der Waals surface area contributed by atoms with Gasteiger partial charge in [0.25, 0.3) is 0 Å². The highest BCUT2D eigenvalue weighted by Gasteiger charge is 2.05.